The van der Waals surface area contributed by atoms with E-state index in [1.54, 1.807) is 30.9 Å². The van der Waals surface area contributed by atoms with E-state index in [1.165, 1.54) is 0 Å². The number of hydrogen-bond donors (Lipinski definition) is 1. The normalized spacial score (nSPS) is 21.5. The predicted molar refractivity (Wildman–Crippen MR) is 112 cm³/mol. The number of thioether (sulfide) groups is 1. The van der Waals surface area contributed by atoms with Crippen molar-refractivity contribution in [3.63, 3.8) is 0 Å². The molecule has 29 heavy (non-hydrogen) atoms. The number of hydrogen-bond acceptors (Lipinski definition) is 5. The molecular weight excluding hydrogens is 388 g/mol. The third-order valence-electron chi connectivity index (χ3n) is 5.46. The van der Waals surface area contributed by atoms with Crippen LogP contribution in [0.3, 0.4) is 0 Å². The quantitative estimate of drug-likeness (QED) is 0.816. The molecule has 1 saturated heterocycles. The first-order chi connectivity index (χ1) is 13.9. The fourth-order valence-electron chi connectivity index (χ4n) is 4.08. The minimum Gasteiger partial charge on any atom is -0.493 e. The number of carbonyl (C=O) groups excluding carboxylic acids is 2. The zero-order valence-corrected chi connectivity index (χ0v) is 17.7. The summed E-state index contributed by atoms with van der Waals surface area (Å²) in [6, 6.07) is 12.6. The second-order valence-electron chi connectivity index (χ2n) is 7.68. The summed E-state index contributed by atoms with van der Waals surface area (Å²) in [5, 5.41) is 2.88. The van der Waals surface area contributed by atoms with Gasteiger partial charge in [-0.3, -0.25) is 9.59 Å². The van der Waals surface area contributed by atoms with Crippen LogP contribution in [-0.4, -0.2) is 41.7 Å². The van der Waals surface area contributed by atoms with Crippen molar-refractivity contribution in [2.75, 3.05) is 14.2 Å². The number of fused-ring (bicyclic) bond motifs is 3. The standard InChI is InChI=1S/C22H24N2O4S/c1-22(2)18(24-20(26)14-7-5-6-8-15(14)21(24)29-22)19(25)23-12-13-9-10-16(27-3)17(11-13)28-4/h5-11,18,21H,12H2,1-4H3,(H,23,25). The molecule has 0 spiro atoms. The third-order valence-corrected chi connectivity index (χ3v) is 6.99. The number of ether oxygens (including phenoxy) is 2. The zero-order valence-electron chi connectivity index (χ0n) is 16.9. The fourth-order valence-corrected chi connectivity index (χ4v) is 5.67. The molecule has 152 valence electrons. The summed E-state index contributed by atoms with van der Waals surface area (Å²) in [6.45, 7) is 4.38. The molecule has 0 aliphatic carbocycles. The fraction of sp³-hybridized carbons (Fsp3) is 0.364. The molecule has 1 fully saturated rings. The lowest BCUT2D eigenvalue weighted by Gasteiger charge is -2.29. The van der Waals surface area contributed by atoms with Gasteiger partial charge < -0.3 is 19.7 Å². The molecule has 0 aromatic heterocycles. The van der Waals surface area contributed by atoms with Gasteiger partial charge in [0.1, 0.15) is 11.4 Å². The Morgan fingerprint density at radius 1 is 1.14 bits per heavy atom. The van der Waals surface area contributed by atoms with E-state index in [4.69, 9.17) is 9.47 Å². The molecule has 2 heterocycles. The highest BCUT2D eigenvalue weighted by Crippen LogP contribution is 2.56. The molecule has 1 N–H and O–H groups in total. The molecule has 0 radical (unpaired) electrons. The van der Waals surface area contributed by atoms with Gasteiger partial charge in [-0.25, -0.2) is 0 Å². The molecule has 4 rings (SSSR count). The van der Waals surface area contributed by atoms with Crippen molar-refractivity contribution in [2.24, 2.45) is 0 Å². The Bertz CT molecular complexity index is 975. The maximum absolute atomic E-state index is 13.2. The van der Waals surface area contributed by atoms with Crippen LogP contribution in [0.2, 0.25) is 0 Å². The molecule has 0 saturated carbocycles. The number of nitrogens with zero attached hydrogens (tertiary/aromatic N) is 1. The van der Waals surface area contributed by atoms with Gasteiger partial charge in [-0.2, -0.15) is 0 Å². The Morgan fingerprint density at radius 3 is 2.59 bits per heavy atom. The molecule has 2 unspecified atom stereocenters. The summed E-state index contributed by atoms with van der Waals surface area (Å²) in [5.74, 6) is 1.02. The van der Waals surface area contributed by atoms with Gasteiger partial charge in [0, 0.05) is 16.9 Å². The predicted octanol–water partition coefficient (Wildman–Crippen LogP) is 3.37. The zero-order chi connectivity index (χ0) is 20.8. The second kappa shape index (κ2) is 7.30. The largest absolute Gasteiger partial charge is 0.493 e. The average Bonchev–Trinajstić information content (AvgIpc) is 3.15. The number of rotatable bonds is 5. The molecular formula is C22H24N2O4S. The first-order valence-electron chi connectivity index (χ1n) is 9.45. The van der Waals surface area contributed by atoms with Crippen LogP contribution in [0.4, 0.5) is 0 Å². The summed E-state index contributed by atoms with van der Waals surface area (Å²) in [5.41, 5.74) is 2.58. The number of amides is 2. The lowest BCUT2D eigenvalue weighted by atomic mass is 10.0. The van der Waals surface area contributed by atoms with Crippen LogP contribution in [0.1, 0.15) is 40.7 Å². The molecule has 2 aliphatic rings. The lowest BCUT2D eigenvalue weighted by molar-refractivity contribution is -0.126. The summed E-state index contributed by atoms with van der Waals surface area (Å²) < 4.78 is 10.2. The van der Waals surface area contributed by atoms with E-state index in [1.807, 2.05) is 56.3 Å². The van der Waals surface area contributed by atoms with Crippen LogP contribution < -0.4 is 14.8 Å². The molecule has 2 atom stereocenters. The van der Waals surface area contributed by atoms with Gasteiger partial charge in [0.2, 0.25) is 5.91 Å². The number of methoxy groups -OCH3 is 2. The first-order valence-corrected chi connectivity index (χ1v) is 10.3. The molecule has 7 heteroatoms. The Balaban J connectivity index is 1.54. The summed E-state index contributed by atoms with van der Waals surface area (Å²) >= 11 is 1.66. The van der Waals surface area contributed by atoms with Crippen molar-refractivity contribution in [1.82, 2.24) is 10.2 Å². The van der Waals surface area contributed by atoms with Crippen molar-refractivity contribution in [1.29, 1.82) is 0 Å². The highest BCUT2D eigenvalue weighted by molar-refractivity contribution is 8.01. The molecule has 2 amide bonds. The van der Waals surface area contributed by atoms with Crippen LogP contribution >= 0.6 is 11.8 Å². The minimum atomic E-state index is -0.544. The van der Waals surface area contributed by atoms with Crippen LogP contribution in [0.15, 0.2) is 42.5 Å². The van der Waals surface area contributed by atoms with Crippen molar-refractivity contribution < 1.29 is 19.1 Å². The Morgan fingerprint density at radius 2 is 1.86 bits per heavy atom. The van der Waals surface area contributed by atoms with Crippen LogP contribution in [0.5, 0.6) is 11.5 Å². The van der Waals surface area contributed by atoms with Crippen LogP contribution in [-0.2, 0) is 11.3 Å². The number of benzene rings is 2. The first kappa shape index (κ1) is 19.6. The topological polar surface area (TPSA) is 67.9 Å². The highest BCUT2D eigenvalue weighted by Gasteiger charge is 2.57. The maximum atomic E-state index is 13.2. The van der Waals surface area contributed by atoms with E-state index in [0.717, 1.165) is 11.1 Å². The Kier molecular flexibility index (Phi) is 4.94. The molecule has 2 aromatic rings. The Labute approximate surface area is 174 Å². The van der Waals surface area contributed by atoms with Crippen molar-refractivity contribution in [3.05, 3.63) is 59.2 Å². The minimum absolute atomic E-state index is 0.0741. The number of carbonyl (C=O) groups is 2. The van der Waals surface area contributed by atoms with Gasteiger partial charge in [-0.1, -0.05) is 24.3 Å². The third kappa shape index (κ3) is 3.23. The van der Waals surface area contributed by atoms with Crippen molar-refractivity contribution >= 4 is 23.6 Å². The average molecular weight is 413 g/mol. The molecule has 6 nitrogen and oxygen atoms in total. The smallest absolute Gasteiger partial charge is 0.256 e. The molecule has 2 aliphatic heterocycles. The van der Waals surface area contributed by atoms with Gasteiger partial charge in [0.15, 0.2) is 11.5 Å². The summed E-state index contributed by atoms with van der Waals surface area (Å²) in [4.78, 5) is 27.9. The maximum Gasteiger partial charge on any atom is 0.256 e. The van der Waals surface area contributed by atoms with E-state index in [9.17, 15) is 9.59 Å². The van der Waals surface area contributed by atoms with E-state index in [2.05, 4.69) is 5.32 Å². The van der Waals surface area contributed by atoms with Gasteiger partial charge in [0.25, 0.3) is 5.91 Å². The number of nitrogens with one attached hydrogen (secondary N) is 1. The van der Waals surface area contributed by atoms with Gasteiger partial charge in [-0.15, -0.1) is 11.8 Å². The monoisotopic (exact) mass is 412 g/mol. The van der Waals surface area contributed by atoms with E-state index in [0.29, 0.717) is 23.6 Å². The second-order valence-corrected chi connectivity index (χ2v) is 9.42. The van der Waals surface area contributed by atoms with Gasteiger partial charge in [-0.05, 0) is 43.2 Å². The Hall–Kier alpha value is -2.67. The van der Waals surface area contributed by atoms with Gasteiger partial charge >= 0.3 is 0 Å². The van der Waals surface area contributed by atoms with E-state index < -0.39 is 10.8 Å². The van der Waals surface area contributed by atoms with E-state index in [-0.39, 0.29) is 17.2 Å². The van der Waals surface area contributed by atoms with Crippen molar-refractivity contribution in [2.45, 2.75) is 36.6 Å². The molecule has 0 bridgehead atoms. The van der Waals surface area contributed by atoms with Gasteiger partial charge in [0.05, 0.1) is 14.2 Å². The molecule has 2 aromatic carbocycles. The van der Waals surface area contributed by atoms with Crippen molar-refractivity contribution in [3.8, 4) is 11.5 Å². The van der Waals surface area contributed by atoms with E-state index >= 15 is 0 Å². The lowest BCUT2D eigenvalue weighted by Crippen LogP contribution is -2.52. The van der Waals surface area contributed by atoms with Crippen LogP contribution in [0, 0.1) is 0 Å². The highest BCUT2D eigenvalue weighted by atomic mass is 32.2. The summed E-state index contributed by atoms with van der Waals surface area (Å²) in [7, 11) is 3.16. The summed E-state index contributed by atoms with van der Waals surface area (Å²) in [6.07, 6.45) is 0. The van der Waals surface area contributed by atoms with Crippen LogP contribution in [0.25, 0.3) is 0 Å². The SMILES string of the molecule is COc1ccc(CNC(=O)C2N3C(=O)c4ccccc4C3SC2(C)C)cc1OC.